The van der Waals surface area contributed by atoms with Crippen LogP contribution < -0.4 is 0 Å². The standard InChI is InChI=1S/C7H10O/c1-2-3-4-5-6-7-8/h2-3,8H,6-7H2,1H3/b3-2+. The van der Waals surface area contributed by atoms with E-state index in [1.54, 1.807) is 6.08 Å². The molecule has 0 spiro atoms. The summed E-state index contributed by atoms with van der Waals surface area (Å²) in [6.07, 6.45) is 4.20. The average Bonchev–Trinajstić information content (AvgIpc) is 1.81. The number of hydrogen-bond acceptors (Lipinski definition) is 1. The molecule has 0 fully saturated rings. The topological polar surface area (TPSA) is 20.2 Å². The maximum atomic E-state index is 8.24. The van der Waals surface area contributed by atoms with Crippen LogP contribution in [0.25, 0.3) is 0 Å². The first-order valence-electron chi connectivity index (χ1n) is 2.62. The minimum atomic E-state index is 0.157. The molecule has 8 heavy (non-hydrogen) atoms. The van der Waals surface area contributed by atoms with E-state index < -0.39 is 0 Å². The Labute approximate surface area is 50.0 Å². The molecular weight excluding hydrogens is 100 g/mol. The Morgan fingerprint density at radius 3 is 2.88 bits per heavy atom. The predicted molar refractivity (Wildman–Crippen MR) is 34.3 cm³/mol. The van der Waals surface area contributed by atoms with Crippen molar-refractivity contribution in [2.24, 2.45) is 0 Å². The Bertz CT molecular complexity index is 114. The van der Waals surface area contributed by atoms with E-state index in [0.717, 1.165) is 0 Å². The minimum absolute atomic E-state index is 0.157. The first-order valence-corrected chi connectivity index (χ1v) is 2.62. The van der Waals surface area contributed by atoms with Crippen molar-refractivity contribution in [3.63, 3.8) is 0 Å². The zero-order valence-corrected chi connectivity index (χ0v) is 5.02. The highest BCUT2D eigenvalue weighted by molar-refractivity contribution is 5.14. The fourth-order valence-corrected chi connectivity index (χ4v) is 0.270. The monoisotopic (exact) mass is 110 g/mol. The second kappa shape index (κ2) is 6.26. The highest BCUT2D eigenvalue weighted by Gasteiger charge is 1.66. The quantitative estimate of drug-likeness (QED) is 0.498. The lowest BCUT2D eigenvalue weighted by atomic mass is 10.4. The Morgan fingerprint density at radius 1 is 1.62 bits per heavy atom. The Kier molecular flexibility index (Phi) is 5.68. The van der Waals surface area contributed by atoms with E-state index in [0.29, 0.717) is 6.42 Å². The van der Waals surface area contributed by atoms with Crippen LogP contribution in [0, 0.1) is 11.8 Å². The molecule has 0 aromatic rings. The fourth-order valence-electron chi connectivity index (χ4n) is 0.270. The lowest BCUT2D eigenvalue weighted by Crippen LogP contribution is -1.74. The van der Waals surface area contributed by atoms with Gasteiger partial charge in [-0.15, -0.1) is 0 Å². The molecule has 1 heteroatoms. The predicted octanol–water partition coefficient (Wildman–Crippen LogP) is 0.948. The lowest BCUT2D eigenvalue weighted by Gasteiger charge is -1.73. The van der Waals surface area contributed by atoms with Gasteiger partial charge >= 0.3 is 0 Å². The molecule has 0 rings (SSSR count). The molecule has 0 aromatic carbocycles. The van der Waals surface area contributed by atoms with Crippen LogP contribution in [0.2, 0.25) is 0 Å². The maximum Gasteiger partial charge on any atom is 0.0540 e. The van der Waals surface area contributed by atoms with E-state index >= 15 is 0 Å². The number of aliphatic hydroxyl groups excluding tert-OH is 1. The molecule has 44 valence electrons. The SMILES string of the molecule is C/C=C/C#CCCO. The van der Waals surface area contributed by atoms with Gasteiger partial charge in [0, 0.05) is 6.42 Å². The van der Waals surface area contributed by atoms with Crippen LogP contribution in [0.15, 0.2) is 12.2 Å². The molecule has 1 N–H and O–H groups in total. The van der Waals surface area contributed by atoms with Gasteiger partial charge in [-0.1, -0.05) is 17.9 Å². The zero-order chi connectivity index (χ0) is 6.24. The van der Waals surface area contributed by atoms with Gasteiger partial charge in [0.05, 0.1) is 6.61 Å². The van der Waals surface area contributed by atoms with Crippen LogP contribution >= 0.6 is 0 Å². The van der Waals surface area contributed by atoms with Crippen molar-refractivity contribution in [2.45, 2.75) is 13.3 Å². The Balaban J connectivity index is 3.21. The van der Waals surface area contributed by atoms with Gasteiger partial charge in [-0.2, -0.15) is 0 Å². The van der Waals surface area contributed by atoms with Crippen molar-refractivity contribution in [3.05, 3.63) is 12.2 Å². The fraction of sp³-hybridized carbons (Fsp3) is 0.429. The van der Waals surface area contributed by atoms with E-state index in [4.69, 9.17) is 5.11 Å². The van der Waals surface area contributed by atoms with Crippen LogP contribution in [0.1, 0.15) is 13.3 Å². The van der Waals surface area contributed by atoms with E-state index in [9.17, 15) is 0 Å². The van der Waals surface area contributed by atoms with Crippen molar-refractivity contribution in [1.29, 1.82) is 0 Å². The third kappa shape index (κ3) is 5.26. The van der Waals surface area contributed by atoms with Crippen LogP contribution in [0.4, 0.5) is 0 Å². The van der Waals surface area contributed by atoms with E-state index in [1.807, 2.05) is 13.0 Å². The Hall–Kier alpha value is -0.740. The largest absolute Gasteiger partial charge is 0.395 e. The first kappa shape index (κ1) is 7.26. The molecule has 0 unspecified atom stereocenters. The number of aliphatic hydroxyl groups is 1. The van der Waals surface area contributed by atoms with Gasteiger partial charge in [-0.3, -0.25) is 0 Å². The van der Waals surface area contributed by atoms with Crippen molar-refractivity contribution in [1.82, 2.24) is 0 Å². The van der Waals surface area contributed by atoms with Gasteiger partial charge in [-0.05, 0) is 13.0 Å². The first-order chi connectivity index (χ1) is 3.91. The molecule has 0 saturated heterocycles. The van der Waals surface area contributed by atoms with Crippen molar-refractivity contribution < 1.29 is 5.11 Å². The van der Waals surface area contributed by atoms with Gasteiger partial charge in [0.15, 0.2) is 0 Å². The molecule has 0 bridgehead atoms. The summed E-state index contributed by atoms with van der Waals surface area (Å²) in [6.45, 7) is 2.07. The molecular formula is C7H10O. The van der Waals surface area contributed by atoms with Crippen LogP contribution in [0.3, 0.4) is 0 Å². The summed E-state index contributed by atoms with van der Waals surface area (Å²) in [5, 5.41) is 8.24. The molecule has 0 aliphatic rings. The molecule has 0 aliphatic heterocycles. The molecule has 0 amide bonds. The van der Waals surface area contributed by atoms with Crippen molar-refractivity contribution in [3.8, 4) is 11.8 Å². The normalized spacial score (nSPS) is 8.75. The summed E-state index contributed by atoms with van der Waals surface area (Å²) in [6, 6.07) is 0. The average molecular weight is 110 g/mol. The van der Waals surface area contributed by atoms with Gasteiger partial charge in [0.2, 0.25) is 0 Å². The molecule has 0 saturated carbocycles. The van der Waals surface area contributed by atoms with Crippen LogP contribution in [-0.2, 0) is 0 Å². The summed E-state index contributed by atoms with van der Waals surface area (Å²) in [5.41, 5.74) is 0. The summed E-state index contributed by atoms with van der Waals surface area (Å²) < 4.78 is 0. The number of allylic oxidation sites excluding steroid dienone is 2. The zero-order valence-electron chi connectivity index (χ0n) is 5.02. The highest BCUT2D eigenvalue weighted by Crippen LogP contribution is 1.70. The van der Waals surface area contributed by atoms with Crippen LogP contribution in [0.5, 0.6) is 0 Å². The molecule has 1 nitrogen and oxygen atoms in total. The van der Waals surface area contributed by atoms with E-state index in [2.05, 4.69) is 11.8 Å². The third-order valence-corrected chi connectivity index (χ3v) is 0.589. The van der Waals surface area contributed by atoms with Gasteiger partial charge in [0.25, 0.3) is 0 Å². The summed E-state index contributed by atoms with van der Waals surface area (Å²) in [5.74, 6) is 5.49. The smallest absolute Gasteiger partial charge is 0.0540 e. The second-order valence-corrected chi connectivity index (χ2v) is 1.29. The van der Waals surface area contributed by atoms with Crippen molar-refractivity contribution in [2.75, 3.05) is 6.61 Å². The third-order valence-electron chi connectivity index (χ3n) is 0.589. The van der Waals surface area contributed by atoms with Crippen LogP contribution in [-0.4, -0.2) is 11.7 Å². The lowest BCUT2D eigenvalue weighted by molar-refractivity contribution is 0.305. The summed E-state index contributed by atoms with van der Waals surface area (Å²) in [7, 11) is 0. The molecule has 0 aromatic heterocycles. The van der Waals surface area contributed by atoms with Gasteiger partial charge < -0.3 is 5.11 Å². The summed E-state index contributed by atoms with van der Waals surface area (Å²) >= 11 is 0. The van der Waals surface area contributed by atoms with E-state index in [-0.39, 0.29) is 6.61 Å². The van der Waals surface area contributed by atoms with Crippen molar-refractivity contribution >= 4 is 0 Å². The molecule has 0 heterocycles. The summed E-state index contributed by atoms with van der Waals surface area (Å²) in [4.78, 5) is 0. The maximum absolute atomic E-state index is 8.24. The minimum Gasteiger partial charge on any atom is -0.395 e. The molecule has 0 aliphatic carbocycles. The van der Waals surface area contributed by atoms with Gasteiger partial charge in [-0.25, -0.2) is 0 Å². The van der Waals surface area contributed by atoms with Gasteiger partial charge in [0.1, 0.15) is 0 Å². The van der Waals surface area contributed by atoms with E-state index in [1.165, 1.54) is 0 Å². The number of hydrogen-bond donors (Lipinski definition) is 1. The second-order valence-electron chi connectivity index (χ2n) is 1.29. The Morgan fingerprint density at radius 2 is 2.38 bits per heavy atom. The highest BCUT2D eigenvalue weighted by atomic mass is 16.2. The molecule has 0 atom stereocenters. The number of rotatable bonds is 1. The molecule has 0 radical (unpaired) electrons.